The number of amides is 1. The van der Waals surface area contributed by atoms with Gasteiger partial charge in [0.25, 0.3) is 0 Å². The van der Waals surface area contributed by atoms with Crippen LogP contribution in [0.1, 0.15) is 6.92 Å². The van der Waals surface area contributed by atoms with Crippen LogP contribution in [0.3, 0.4) is 0 Å². The van der Waals surface area contributed by atoms with Crippen LogP contribution < -0.4 is 10.7 Å². The summed E-state index contributed by atoms with van der Waals surface area (Å²) in [5.41, 5.74) is 3.40. The maximum absolute atomic E-state index is 13.1. The third-order valence-corrected chi connectivity index (χ3v) is 4.25. The van der Waals surface area contributed by atoms with Crippen LogP contribution in [0, 0.1) is 0 Å². The summed E-state index contributed by atoms with van der Waals surface area (Å²) in [4.78, 5) is 24.3. The SMILES string of the molecule is CC(=O)Nc1ccc(-c2c[nH]nc(-c3ccnn3-c3ccccc3)c2=O)cc1. The molecule has 28 heavy (non-hydrogen) atoms. The topological polar surface area (TPSA) is 92.7 Å². The van der Waals surface area contributed by atoms with Crippen LogP contribution in [0.2, 0.25) is 0 Å². The van der Waals surface area contributed by atoms with Gasteiger partial charge in [0.05, 0.1) is 17.6 Å². The minimum absolute atomic E-state index is 0.147. The highest BCUT2D eigenvalue weighted by Gasteiger charge is 2.16. The Morgan fingerprint density at radius 2 is 1.79 bits per heavy atom. The van der Waals surface area contributed by atoms with Crippen molar-refractivity contribution in [1.29, 1.82) is 0 Å². The van der Waals surface area contributed by atoms with Gasteiger partial charge in [-0.05, 0) is 35.9 Å². The average Bonchev–Trinajstić information content (AvgIpc) is 3.19. The van der Waals surface area contributed by atoms with Crippen LogP contribution in [-0.4, -0.2) is 25.9 Å². The molecule has 0 unspecified atom stereocenters. The van der Waals surface area contributed by atoms with E-state index in [2.05, 4.69) is 20.6 Å². The van der Waals surface area contributed by atoms with Gasteiger partial charge in [0.15, 0.2) is 5.69 Å². The first kappa shape index (κ1) is 17.4. The number of nitrogens with zero attached hydrogens (tertiary/aromatic N) is 3. The molecule has 0 aliphatic heterocycles. The molecule has 0 bridgehead atoms. The highest BCUT2D eigenvalue weighted by molar-refractivity contribution is 5.89. The number of carbonyl (C=O) groups is 1. The Kier molecular flexibility index (Phi) is 4.55. The lowest BCUT2D eigenvalue weighted by atomic mass is 10.1. The van der Waals surface area contributed by atoms with Gasteiger partial charge in [-0.3, -0.25) is 14.7 Å². The van der Waals surface area contributed by atoms with Crippen LogP contribution >= 0.6 is 0 Å². The molecular formula is C21H17N5O2. The number of aromatic nitrogens is 4. The standard InChI is InChI=1S/C21H17N5O2/c1-14(27)24-16-9-7-15(8-10-16)18-13-22-25-20(21(18)28)19-11-12-23-26(19)17-5-3-2-4-6-17/h2-13H,1H3,(H,22,28)(H,24,27). The Labute approximate surface area is 160 Å². The molecule has 0 radical (unpaired) electrons. The lowest BCUT2D eigenvalue weighted by Gasteiger charge is -2.08. The Morgan fingerprint density at radius 1 is 1.04 bits per heavy atom. The molecule has 7 heteroatoms. The van der Waals surface area contributed by atoms with E-state index in [4.69, 9.17) is 0 Å². The highest BCUT2D eigenvalue weighted by Crippen LogP contribution is 2.22. The van der Waals surface area contributed by atoms with Crippen molar-refractivity contribution in [3.05, 3.63) is 83.3 Å². The Morgan fingerprint density at radius 3 is 2.50 bits per heavy atom. The highest BCUT2D eigenvalue weighted by atomic mass is 16.1. The molecular weight excluding hydrogens is 354 g/mol. The van der Waals surface area contributed by atoms with E-state index < -0.39 is 0 Å². The van der Waals surface area contributed by atoms with Crippen molar-refractivity contribution in [2.75, 3.05) is 5.32 Å². The van der Waals surface area contributed by atoms with Gasteiger partial charge < -0.3 is 5.32 Å². The fourth-order valence-corrected chi connectivity index (χ4v) is 2.99. The number of hydrogen-bond acceptors (Lipinski definition) is 4. The summed E-state index contributed by atoms with van der Waals surface area (Å²) in [6.45, 7) is 1.45. The number of rotatable bonds is 4. The van der Waals surface area contributed by atoms with Crippen LogP contribution in [0.4, 0.5) is 5.69 Å². The monoisotopic (exact) mass is 371 g/mol. The smallest absolute Gasteiger partial charge is 0.221 e. The molecule has 2 heterocycles. The summed E-state index contributed by atoms with van der Waals surface area (Å²) in [5, 5.41) is 14.1. The number of hydrogen-bond donors (Lipinski definition) is 2. The van der Waals surface area contributed by atoms with Crippen LogP contribution in [0.15, 0.2) is 77.9 Å². The van der Waals surface area contributed by atoms with E-state index in [1.165, 1.54) is 6.92 Å². The number of nitrogens with one attached hydrogen (secondary N) is 2. The summed E-state index contributed by atoms with van der Waals surface area (Å²) < 4.78 is 1.68. The molecule has 4 aromatic rings. The fraction of sp³-hybridized carbons (Fsp3) is 0.0476. The molecule has 2 aromatic heterocycles. The van der Waals surface area contributed by atoms with Gasteiger partial charge >= 0.3 is 0 Å². The minimum atomic E-state index is -0.205. The summed E-state index contributed by atoms with van der Waals surface area (Å²) in [6.07, 6.45) is 3.21. The predicted molar refractivity (Wildman–Crippen MR) is 107 cm³/mol. The van der Waals surface area contributed by atoms with E-state index in [0.29, 0.717) is 16.9 Å². The van der Waals surface area contributed by atoms with E-state index >= 15 is 0 Å². The van der Waals surface area contributed by atoms with Gasteiger partial charge in [0.2, 0.25) is 11.3 Å². The van der Waals surface area contributed by atoms with Gasteiger partial charge in [-0.1, -0.05) is 30.3 Å². The second-order valence-corrected chi connectivity index (χ2v) is 6.20. The van der Waals surface area contributed by atoms with Gasteiger partial charge in [0, 0.05) is 24.4 Å². The van der Waals surface area contributed by atoms with Crippen molar-refractivity contribution in [3.8, 4) is 28.2 Å². The fourth-order valence-electron chi connectivity index (χ4n) is 2.99. The van der Waals surface area contributed by atoms with Gasteiger partial charge in [-0.2, -0.15) is 10.2 Å². The number of aromatic amines is 1. The molecule has 1 amide bonds. The van der Waals surface area contributed by atoms with Crippen molar-refractivity contribution in [1.82, 2.24) is 20.0 Å². The quantitative estimate of drug-likeness (QED) is 0.576. The first-order valence-corrected chi connectivity index (χ1v) is 8.69. The second-order valence-electron chi connectivity index (χ2n) is 6.20. The van der Waals surface area contributed by atoms with E-state index in [1.54, 1.807) is 47.4 Å². The summed E-state index contributed by atoms with van der Waals surface area (Å²) >= 11 is 0. The zero-order chi connectivity index (χ0) is 19.5. The van der Waals surface area contributed by atoms with E-state index in [1.807, 2.05) is 30.3 Å². The molecule has 0 aliphatic carbocycles. The molecule has 0 aliphatic rings. The van der Waals surface area contributed by atoms with Crippen LogP contribution in [-0.2, 0) is 4.79 Å². The molecule has 2 N–H and O–H groups in total. The number of H-pyrrole nitrogens is 1. The van der Waals surface area contributed by atoms with Gasteiger partial charge in [-0.25, -0.2) is 4.68 Å². The molecule has 0 fully saturated rings. The second kappa shape index (κ2) is 7.32. The Balaban J connectivity index is 1.76. The van der Waals surface area contributed by atoms with E-state index in [0.717, 1.165) is 11.3 Å². The Bertz CT molecular complexity index is 1180. The predicted octanol–water partition coefficient (Wildman–Crippen LogP) is 3.25. The number of para-hydroxylation sites is 1. The maximum atomic E-state index is 13.1. The van der Waals surface area contributed by atoms with E-state index in [9.17, 15) is 9.59 Å². The third kappa shape index (κ3) is 3.33. The molecule has 0 atom stereocenters. The van der Waals surface area contributed by atoms with Crippen molar-refractivity contribution >= 4 is 11.6 Å². The zero-order valence-corrected chi connectivity index (χ0v) is 15.1. The van der Waals surface area contributed by atoms with Crippen molar-refractivity contribution in [2.45, 2.75) is 6.92 Å². The lowest BCUT2D eigenvalue weighted by Crippen LogP contribution is -2.14. The molecule has 4 rings (SSSR count). The van der Waals surface area contributed by atoms with Crippen LogP contribution in [0.5, 0.6) is 0 Å². The molecule has 7 nitrogen and oxygen atoms in total. The lowest BCUT2D eigenvalue weighted by molar-refractivity contribution is -0.114. The number of carbonyl (C=O) groups excluding carboxylic acids is 1. The summed E-state index contributed by atoms with van der Waals surface area (Å²) in [6, 6.07) is 18.4. The molecule has 0 saturated heterocycles. The first-order valence-electron chi connectivity index (χ1n) is 8.69. The van der Waals surface area contributed by atoms with Crippen molar-refractivity contribution < 1.29 is 4.79 Å². The maximum Gasteiger partial charge on any atom is 0.221 e. The largest absolute Gasteiger partial charge is 0.326 e. The number of benzene rings is 2. The first-order chi connectivity index (χ1) is 13.6. The molecule has 0 spiro atoms. The van der Waals surface area contributed by atoms with Crippen LogP contribution in [0.25, 0.3) is 28.2 Å². The van der Waals surface area contributed by atoms with Gasteiger partial charge in [-0.15, -0.1) is 0 Å². The third-order valence-electron chi connectivity index (χ3n) is 4.25. The zero-order valence-electron chi connectivity index (χ0n) is 15.1. The van der Waals surface area contributed by atoms with Crippen molar-refractivity contribution in [3.63, 3.8) is 0 Å². The molecule has 2 aromatic carbocycles. The Hall–Kier alpha value is -4.00. The van der Waals surface area contributed by atoms with Gasteiger partial charge in [0.1, 0.15) is 0 Å². The molecule has 138 valence electrons. The van der Waals surface area contributed by atoms with Crippen molar-refractivity contribution in [2.24, 2.45) is 0 Å². The normalized spacial score (nSPS) is 10.6. The van der Waals surface area contributed by atoms with E-state index in [-0.39, 0.29) is 17.0 Å². The minimum Gasteiger partial charge on any atom is -0.326 e. The molecule has 0 saturated carbocycles. The number of anilines is 1. The summed E-state index contributed by atoms with van der Waals surface area (Å²) in [7, 11) is 0. The summed E-state index contributed by atoms with van der Waals surface area (Å²) in [5.74, 6) is -0.147. The average molecular weight is 371 g/mol.